The van der Waals surface area contributed by atoms with Gasteiger partial charge in [-0.15, -0.1) is 11.3 Å². The molecule has 1 saturated heterocycles. The van der Waals surface area contributed by atoms with Crippen LogP contribution >= 0.6 is 22.9 Å². The van der Waals surface area contributed by atoms with Gasteiger partial charge in [0.15, 0.2) is 6.54 Å². The number of methoxy groups -OCH3 is 1. The smallest absolute Gasteiger partial charge is 0.279 e. The van der Waals surface area contributed by atoms with E-state index in [1.165, 1.54) is 9.78 Å². The first-order valence-electron chi connectivity index (χ1n) is 8.47. The molecule has 1 aliphatic rings. The van der Waals surface area contributed by atoms with Crippen LogP contribution in [0.15, 0.2) is 35.7 Å². The Bertz CT molecular complexity index is 700. The average molecular weight is 382 g/mol. The average Bonchev–Trinajstić information content (AvgIpc) is 3.10. The van der Waals surface area contributed by atoms with E-state index in [4.69, 9.17) is 16.3 Å². The Labute approximate surface area is 157 Å². The highest BCUT2D eigenvalue weighted by atomic mass is 35.5. The molecule has 0 unspecified atom stereocenters. The summed E-state index contributed by atoms with van der Waals surface area (Å²) < 4.78 is 5.27. The lowest BCUT2D eigenvalue weighted by Gasteiger charge is -2.29. The third-order valence-electron chi connectivity index (χ3n) is 4.51. The first kappa shape index (κ1) is 18.2. The molecule has 0 saturated carbocycles. The Morgan fingerprint density at radius 2 is 2.00 bits per heavy atom. The summed E-state index contributed by atoms with van der Waals surface area (Å²) >= 11 is 7.83. The fraction of sp³-hybridized carbons (Fsp3) is 0.389. The maximum absolute atomic E-state index is 12.4. The summed E-state index contributed by atoms with van der Waals surface area (Å²) in [4.78, 5) is 16.7. The number of quaternary nitrogens is 2. The molecule has 3 N–H and O–H groups in total. The molecular formula is C18H24ClN3O2S+2. The van der Waals surface area contributed by atoms with Gasteiger partial charge in [0.1, 0.15) is 38.5 Å². The van der Waals surface area contributed by atoms with Crippen LogP contribution in [0.2, 0.25) is 5.02 Å². The van der Waals surface area contributed by atoms with Crippen molar-refractivity contribution in [3.05, 3.63) is 45.6 Å². The molecule has 3 rings (SSSR count). The molecule has 1 aromatic carbocycles. The first-order valence-corrected chi connectivity index (χ1v) is 9.72. The Morgan fingerprint density at radius 3 is 2.68 bits per heavy atom. The lowest BCUT2D eigenvalue weighted by atomic mass is 10.2. The maximum Gasteiger partial charge on any atom is 0.279 e. The van der Waals surface area contributed by atoms with Crippen LogP contribution in [0.4, 0.5) is 5.69 Å². The molecule has 0 aliphatic carbocycles. The van der Waals surface area contributed by atoms with Crippen molar-refractivity contribution in [3.63, 3.8) is 0 Å². The number of carbonyl (C=O) groups is 1. The summed E-state index contributed by atoms with van der Waals surface area (Å²) in [6.07, 6.45) is 0. The predicted octanol–water partition coefficient (Wildman–Crippen LogP) is 0.332. The number of halogens is 1. The maximum atomic E-state index is 12.4. The predicted molar refractivity (Wildman–Crippen MR) is 101 cm³/mol. The van der Waals surface area contributed by atoms with Gasteiger partial charge >= 0.3 is 0 Å². The van der Waals surface area contributed by atoms with Gasteiger partial charge in [0, 0.05) is 5.02 Å². The van der Waals surface area contributed by atoms with Crippen LogP contribution in [0.1, 0.15) is 4.88 Å². The number of benzene rings is 1. The third kappa shape index (κ3) is 5.19. The Hall–Kier alpha value is -1.60. The minimum absolute atomic E-state index is 0.00252. The van der Waals surface area contributed by atoms with Crippen LogP contribution in [0, 0.1) is 0 Å². The van der Waals surface area contributed by atoms with E-state index in [9.17, 15) is 4.79 Å². The van der Waals surface area contributed by atoms with Crippen LogP contribution in [0.5, 0.6) is 5.75 Å². The summed E-state index contributed by atoms with van der Waals surface area (Å²) in [5, 5.41) is 5.63. The second-order valence-corrected chi connectivity index (χ2v) is 7.79. The molecule has 2 heterocycles. The van der Waals surface area contributed by atoms with Gasteiger partial charge < -0.3 is 19.9 Å². The molecule has 1 aromatic heterocycles. The lowest BCUT2D eigenvalue weighted by molar-refractivity contribution is -1.01. The molecule has 2 aromatic rings. The van der Waals surface area contributed by atoms with Crippen molar-refractivity contribution in [2.75, 3.05) is 45.2 Å². The zero-order valence-electron chi connectivity index (χ0n) is 14.3. The van der Waals surface area contributed by atoms with Gasteiger partial charge in [-0.2, -0.15) is 0 Å². The number of thiophene rings is 1. The van der Waals surface area contributed by atoms with Crippen molar-refractivity contribution < 1.29 is 19.3 Å². The highest BCUT2D eigenvalue weighted by Gasteiger charge is 2.25. The molecule has 25 heavy (non-hydrogen) atoms. The second-order valence-electron chi connectivity index (χ2n) is 6.33. The minimum atomic E-state index is -0.00252. The first-order chi connectivity index (χ1) is 12.1. The van der Waals surface area contributed by atoms with E-state index in [-0.39, 0.29) is 5.91 Å². The Balaban J connectivity index is 1.47. The van der Waals surface area contributed by atoms with Gasteiger partial charge in [-0.05, 0) is 29.6 Å². The minimum Gasteiger partial charge on any atom is -0.495 e. The van der Waals surface area contributed by atoms with Crippen molar-refractivity contribution in [1.82, 2.24) is 0 Å². The molecule has 1 amide bonds. The second kappa shape index (κ2) is 8.67. The number of hydrogen-bond acceptors (Lipinski definition) is 3. The van der Waals surface area contributed by atoms with E-state index in [0.29, 0.717) is 23.0 Å². The van der Waals surface area contributed by atoms with Crippen molar-refractivity contribution in [2.24, 2.45) is 0 Å². The number of amides is 1. The quantitative estimate of drug-likeness (QED) is 0.675. The topological polar surface area (TPSA) is 47.2 Å². The van der Waals surface area contributed by atoms with Gasteiger partial charge in [-0.25, -0.2) is 0 Å². The summed E-state index contributed by atoms with van der Waals surface area (Å²) in [5.41, 5.74) is 0.626. The molecular weight excluding hydrogens is 358 g/mol. The summed E-state index contributed by atoms with van der Waals surface area (Å²) in [6, 6.07) is 9.53. The van der Waals surface area contributed by atoms with E-state index in [0.717, 1.165) is 32.7 Å². The van der Waals surface area contributed by atoms with Crippen LogP contribution in [0.3, 0.4) is 0 Å². The summed E-state index contributed by atoms with van der Waals surface area (Å²) in [5.74, 6) is 0.621. The van der Waals surface area contributed by atoms with E-state index in [1.807, 2.05) is 11.3 Å². The normalized spacial score (nSPS) is 20.2. The zero-order chi connectivity index (χ0) is 17.6. The van der Waals surface area contributed by atoms with E-state index < -0.39 is 0 Å². The zero-order valence-corrected chi connectivity index (χ0v) is 15.9. The van der Waals surface area contributed by atoms with Gasteiger partial charge in [-0.3, -0.25) is 4.79 Å². The van der Waals surface area contributed by atoms with Gasteiger partial charge in [-0.1, -0.05) is 17.7 Å². The third-order valence-corrected chi connectivity index (χ3v) is 5.63. The summed E-state index contributed by atoms with van der Waals surface area (Å²) in [7, 11) is 1.58. The van der Waals surface area contributed by atoms with Crippen LogP contribution in [-0.2, 0) is 11.3 Å². The number of hydrogen-bond donors (Lipinski definition) is 3. The highest BCUT2D eigenvalue weighted by molar-refractivity contribution is 7.09. The molecule has 1 fully saturated rings. The van der Waals surface area contributed by atoms with Crippen LogP contribution in [0.25, 0.3) is 0 Å². The Kier molecular flexibility index (Phi) is 6.31. The van der Waals surface area contributed by atoms with Crippen LogP contribution < -0.4 is 19.9 Å². The van der Waals surface area contributed by atoms with Crippen molar-refractivity contribution in [2.45, 2.75) is 6.54 Å². The van der Waals surface area contributed by atoms with E-state index in [2.05, 4.69) is 22.8 Å². The Morgan fingerprint density at radius 1 is 1.24 bits per heavy atom. The number of ether oxygens (including phenoxy) is 1. The fourth-order valence-corrected chi connectivity index (χ4v) is 4.12. The lowest BCUT2D eigenvalue weighted by Crippen LogP contribution is -3.28. The molecule has 0 radical (unpaired) electrons. The molecule has 1 aliphatic heterocycles. The SMILES string of the molecule is COc1ccc(Cl)cc1NC(=O)C[NH+]1CC[NH+](Cc2cccs2)CC1. The standard InChI is InChI=1S/C18H22ClN3O2S/c1-24-17-5-4-14(19)11-16(17)20-18(23)13-22-8-6-21(7-9-22)12-15-3-2-10-25-15/h2-5,10-11H,6-9,12-13H2,1H3,(H,20,23)/p+2. The van der Waals surface area contributed by atoms with Crippen molar-refractivity contribution >= 4 is 34.5 Å². The molecule has 5 nitrogen and oxygen atoms in total. The number of piperazine rings is 1. The number of nitrogens with one attached hydrogen (secondary N) is 3. The molecule has 7 heteroatoms. The molecule has 0 bridgehead atoms. The van der Waals surface area contributed by atoms with Gasteiger partial charge in [0.2, 0.25) is 0 Å². The molecule has 0 atom stereocenters. The van der Waals surface area contributed by atoms with Crippen molar-refractivity contribution in [1.29, 1.82) is 0 Å². The number of rotatable bonds is 6. The molecule has 0 spiro atoms. The highest BCUT2D eigenvalue weighted by Crippen LogP contribution is 2.27. The summed E-state index contributed by atoms with van der Waals surface area (Å²) in [6.45, 7) is 5.79. The fourth-order valence-electron chi connectivity index (χ4n) is 3.17. The number of anilines is 1. The monoisotopic (exact) mass is 381 g/mol. The van der Waals surface area contributed by atoms with Gasteiger partial charge in [0.05, 0.1) is 17.7 Å². The van der Waals surface area contributed by atoms with Crippen LogP contribution in [-0.4, -0.2) is 45.7 Å². The number of carbonyl (C=O) groups excluding carboxylic acids is 1. The van der Waals surface area contributed by atoms with E-state index >= 15 is 0 Å². The largest absolute Gasteiger partial charge is 0.495 e. The van der Waals surface area contributed by atoms with Crippen molar-refractivity contribution in [3.8, 4) is 5.75 Å². The molecule has 134 valence electrons. The van der Waals surface area contributed by atoms with Gasteiger partial charge in [0.25, 0.3) is 5.91 Å². The van der Waals surface area contributed by atoms with E-state index in [1.54, 1.807) is 30.2 Å².